The van der Waals surface area contributed by atoms with Crippen LogP contribution in [0.3, 0.4) is 0 Å². The zero-order chi connectivity index (χ0) is 21.6. The molecule has 0 aromatic heterocycles. The van der Waals surface area contributed by atoms with Crippen LogP contribution in [-0.2, 0) is 14.9 Å². The van der Waals surface area contributed by atoms with Crippen LogP contribution in [0.15, 0.2) is 54.6 Å². The van der Waals surface area contributed by atoms with Crippen LogP contribution in [0.2, 0.25) is 20.1 Å². The Balaban J connectivity index is 2.66. The summed E-state index contributed by atoms with van der Waals surface area (Å²) in [6, 6.07) is 12.0. The molecule has 0 radical (unpaired) electrons. The van der Waals surface area contributed by atoms with Crippen LogP contribution >= 0.6 is 46.4 Å². The standard InChI is InChI=1S/C19H12Cl4O5S/c20-11-6-13(17(23)15(21)7-11)19(29(26,27)28,10-4-2-1-3-5-10)14-8-12(24)9-16(22)18(14)25/h1-9,24-25H,(H,26,27,28). The van der Waals surface area contributed by atoms with Gasteiger partial charge in [0.25, 0.3) is 10.1 Å². The van der Waals surface area contributed by atoms with Crippen LogP contribution in [-0.4, -0.2) is 23.2 Å². The van der Waals surface area contributed by atoms with Gasteiger partial charge >= 0.3 is 0 Å². The Morgan fingerprint density at radius 2 is 1.41 bits per heavy atom. The summed E-state index contributed by atoms with van der Waals surface area (Å²) in [7, 11) is -5.13. The van der Waals surface area contributed by atoms with E-state index >= 15 is 0 Å². The zero-order valence-electron chi connectivity index (χ0n) is 14.3. The Hall–Kier alpha value is -1.67. The number of halogens is 4. The Labute approximate surface area is 186 Å². The molecule has 3 aromatic carbocycles. The molecule has 0 amide bonds. The summed E-state index contributed by atoms with van der Waals surface area (Å²) in [5.41, 5.74) is -0.668. The number of phenols is 2. The topological polar surface area (TPSA) is 94.8 Å². The van der Waals surface area contributed by atoms with E-state index in [9.17, 15) is 23.2 Å². The normalized spacial score (nSPS) is 13.8. The van der Waals surface area contributed by atoms with Crippen LogP contribution in [0.4, 0.5) is 0 Å². The van der Waals surface area contributed by atoms with E-state index in [0.717, 1.165) is 12.1 Å². The van der Waals surface area contributed by atoms with Gasteiger partial charge in [-0.2, -0.15) is 8.42 Å². The Morgan fingerprint density at radius 3 is 2.00 bits per heavy atom. The SMILES string of the molecule is O=S(=O)(O)C(c1ccccc1)(c1cc(O)cc(Cl)c1O)c1cc(Cl)cc(Cl)c1Cl. The lowest BCUT2D eigenvalue weighted by molar-refractivity contribution is 0.435. The van der Waals surface area contributed by atoms with E-state index in [-0.39, 0.29) is 31.2 Å². The average Bonchev–Trinajstić information content (AvgIpc) is 2.63. The fourth-order valence-electron chi connectivity index (χ4n) is 3.22. The highest BCUT2D eigenvalue weighted by Crippen LogP contribution is 2.52. The number of rotatable bonds is 4. The lowest BCUT2D eigenvalue weighted by atomic mass is 9.83. The van der Waals surface area contributed by atoms with Crippen LogP contribution in [0.1, 0.15) is 16.7 Å². The fourth-order valence-corrected chi connectivity index (χ4v) is 5.54. The van der Waals surface area contributed by atoms with Crippen molar-refractivity contribution < 1.29 is 23.2 Å². The van der Waals surface area contributed by atoms with E-state index in [4.69, 9.17) is 46.4 Å². The molecule has 0 aliphatic heterocycles. The van der Waals surface area contributed by atoms with Gasteiger partial charge in [-0.1, -0.05) is 76.7 Å². The van der Waals surface area contributed by atoms with Crippen LogP contribution in [0.25, 0.3) is 0 Å². The predicted molar refractivity (Wildman–Crippen MR) is 114 cm³/mol. The Morgan fingerprint density at radius 1 is 0.793 bits per heavy atom. The van der Waals surface area contributed by atoms with Crippen molar-refractivity contribution in [3.05, 3.63) is 91.4 Å². The number of hydrogen-bond acceptors (Lipinski definition) is 4. The van der Waals surface area contributed by atoms with Gasteiger partial charge in [0.1, 0.15) is 11.5 Å². The molecule has 0 saturated heterocycles. The minimum atomic E-state index is -5.13. The molecule has 0 saturated carbocycles. The highest BCUT2D eigenvalue weighted by molar-refractivity contribution is 7.87. The van der Waals surface area contributed by atoms with Crippen LogP contribution < -0.4 is 0 Å². The van der Waals surface area contributed by atoms with E-state index < -0.39 is 31.9 Å². The van der Waals surface area contributed by atoms with Gasteiger partial charge in [0, 0.05) is 22.2 Å². The molecule has 0 spiro atoms. The molecule has 0 aliphatic carbocycles. The minimum absolute atomic E-state index is 0.000278. The van der Waals surface area contributed by atoms with Crippen molar-refractivity contribution in [2.45, 2.75) is 4.75 Å². The Bertz CT molecular complexity index is 1140. The van der Waals surface area contributed by atoms with Crippen molar-refractivity contribution in [1.29, 1.82) is 0 Å². The molecule has 10 heteroatoms. The first-order valence-electron chi connectivity index (χ1n) is 7.89. The molecule has 0 fully saturated rings. The second-order valence-electron chi connectivity index (χ2n) is 6.10. The van der Waals surface area contributed by atoms with Gasteiger partial charge in [0.05, 0.1) is 15.1 Å². The molecule has 1 atom stereocenters. The first-order valence-corrected chi connectivity index (χ1v) is 10.8. The average molecular weight is 494 g/mol. The van der Waals surface area contributed by atoms with Gasteiger partial charge in [-0.15, -0.1) is 0 Å². The van der Waals surface area contributed by atoms with Crippen LogP contribution in [0.5, 0.6) is 11.5 Å². The van der Waals surface area contributed by atoms with E-state index in [1.54, 1.807) is 6.07 Å². The lowest BCUT2D eigenvalue weighted by Crippen LogP contribution is -2.38. The second-order valence-corrected chi connectivity index (χ2v) is 9.29. The highest BCUT2D eigenvalue weighted by atomic mass is 35.5. The zero-order valence-corrected chi connectivity index (χ0v) is 18.1. The number of aromatic hydroxyl groups is 2. The number of phenolic OH excluding ortho intramolecular Hbond substituents is 2. The molecule has 3 rings (SSSR count). The Kier molecular flexibility index (Phi) is 5.98. The fraction of sp³-hybridized carbons (Fsp3) is 0.0526. The summed E-state index contributed by atoms with van der Waals surface area (Å²) in [6.07, 6.45) is 0. The largest absolute Gasteiger partial charge is 0.508 e. The summed E-state index contributed by atoms with van der Waals surface area (Å²) in [4.78, 5) is 0. The molecule has 152 valence electrons. The molecule has 29 heavy (non-hydrogen) atoms. The van der Waals surface area contributed by atoms with Crippen molar-refractivity contribution in [3.8, 4) is 11.5 Å². The molecular formula is C19H12Cl4O5S. The molecule has 0 bridgehead atoms. The number of benzene rings is 3. The van der Waals surface area contributed by atoms with E-state index in [1.807, 2.05) is 0 Å². The monoisotopic (exact) mass is 492 g/mol. The summed E-state index contributed by atoms with van der Waals surface area (Å²) in [5, 5.41) is 20.1. The first-order chi connectivity index (χ1) is 13.5. The van der Waals surface area contributed by atoms with Gasteiger partial charge in [-0.25, -0.2) is 0 Å². The molecule has 0 heterocycles. The lowest BCUT2D eigenvalue weighted by Gasteiger charge is -2.34. The van der Waals surface area contributed by atoms with Gasteiger partial charge in [-0.05, 0) is 23.8 Å². The van der Waals surface area contributed by atoms with Crippen molar-refractivity contribution in [3.63, 3.8) is 0 Å². The summed E-state index contributed by atoms with van der Waals surface area (Å²) < 4.78 is 33.9. The maximum absolute atomic E-state index is 13.0. The molecule has 5 nitrogen and oxygen atoms in total. The molecule has 3 N–H and O–H groups in total. The van der Waals surface area contributed by atoms with E-state index in [0.29, 0.717) is 0 Å². The third kappa shape index (κ3) is 3.65. The van der Waals surface area contributed by atoms with E-state index in [1.165, 1.54) is 36.4 Å². The molecule has 0 aliphatic rings. The molecule has 3 aromatic rings. The van der Waals surface area contributed by atoms with Crippen molar-refractivity contribution in [2.75, 3.05) is 0 Å². The van der Waals surface area contributed by atoms with Gasteiger partial charge in [-0.3, -0.25) is 4.55 Å². The van der Waals surface area contributed by atoms with Crippen molar-refractivity contribution >= 4 is 56.5 Å². The summed E-state index contributed by atoms with van der Waals surface area (Å²) in [6.45, 7) is 0. The quantitative estimate of drug-likeness (QED) is 0.182. The maximum Gasteiger partial charge on any atom is 0.283 e. The predicted octanol–water partition coefficient (Wildman–Crippen LogP) is 5.89. The third-order valence-corrected chi connectivity index (χ3v) is 7.12. The third-order valence-electron chi connectivity index (χ3n) is 4.37. The maximum atomic E-state index is 13.0. The minimum Gasteiger partial charge on any atom is -0.508 e. The highest BCUT2D eigenvalue weighted by Gasteiger charge is 2.52. The number of hydrogen-bond donors (Lipinski definition) is 3. The van der Waals surface area contributed by atoms with Crippen LogP contribution in [0, 0.1) is 0 Å². The summed E-state index contributed by atoms with van der Waals surface area (Å²) >= 11 is 24.5. The van der Waals surface area contributed by atoms with Gasteiger partial charge in [0.2, 0.25) is 0 Å². The molecule has 1 unspecified atom stereocenters. The van der Waals surface area contributed by atoms with E-state index in [2.05, 4.69) is 0 Å². The smallest absolute Gasteiger partial charge is 0.283 e. The second kappa shape index (κ2) is 7.87. The van der Waals surface area contributed by atoms with Crippen molar-refractivity contribution in [2.24, 2.45) is 0 Å². The van der Waals surface area contributed by atoms with Gasteiger partial charge < -0.3 is 10.2 Å². The first kappa shape index (κ1) is 22.0. The van der Waals surface area contributed by atoms with Crippen molar-refractivity contribution in [1.82, 2.24) is 0 Å². The summed E-state index contributed by atoms with van der Waals surface area (Å²) in [5.74, 6) is -1.13. The molecular weight excluding hydrogens is 482 g/mol. The van der Waals surface area contributed by atoms with Gasteiger partial charge in [0.15, 0.2) is 4.75 Å².